The van der Waals surface area contributed by atoms with Crippen molar-refractivity contribution in [2.45, 2.75) is 12.2 Å². The molecule has 0 heterocycles. The van der Waals surface area contributed by atoms with Gasteiger partial charge in [0.1, 0.15) is 5.25 Å². The van der Waals surface area contributed by atoms with Crippen LogP contribution in [-0.4, -0.2) is 29.3 Å². The van der Waals surface area contributed by atoms with Crippen LogP contribution >= 0.6 is 10.8 Å². The van der Waals surface area contributed by atoms with E-state index < -0.39 is 20.4 Å². The molecule has 0 saturated heterocycles. The van der Waals surface area contributed by atoms with Gasteiger partial charge in [-0.1, -0.05) is 0 Å². The van der Waals surface area contributed by atoms with Crippen molar-refractivity contribution in [1.82, 2.24) is 0 Å². The van der Waals surface area contributed by atoms with Crippen molar-refractivity contribution in [2.75, 3.05) is 0 Å². The van der Waals surface area contributed by atoms with E-state index in [-0.39, 0.29) is 41.8 Å². The maximum Gasteiger partial charge on any atom is 1.00 e. The van der Waals surface area contributed by atoms with Crippen LogP contribution in [0.5, 0.6) is 0 Å². The van der Waals surface area contributed by atoms with Gasteiger partial charge in [-0.25, -0.2) is 0 Å². The summed E-state index contributed by atoms with van der Waals surface area (Å²) >= 11 is 0. The van der Waals surface area contributed by atoms with Crippen LogP contribution in [0.15, 0.2) is 0 Å². The molecule has 0 aromatic rings. The molecule has 0 fully saturated rings. The summed E-state index contributed by atoms with van der Waals surface area (Å²) in [6.07, 6.45) is 0. The molecule has 0 radical (unpaired) electrons. The second-order valence-corrected chi connectivity index (χ2v) is 5.10. The van der Waals surface area contributed by atoms with Crippen molar-refractivity contribution in [3.05, 3.63) is 0 Å². The molecule has 62 valence electrons. The van der Waals surface area contributed by atoms with Crippen LogP contribution in [-0.2, 0) is 13.9 Å². The normalized spacial score (nSPS) is 13.3. The molecular weight excluding hydrogens is 203 g/mol. The smallest absolute Gasteiger partial charge is 1.00 e. The van der Waals surface area contributed by atoms with E-state index in [1.54, 1.807) is 0 Å². The molecule has 0 bridgehead atoms. The van der Waals surface area contributed by atoms with Crippen LogP contribution < -0.4 is 29.6 Å². The third-order valence-electron chi connectivity index (χ3n) is 0.614. The molecule has 5 nitrogen and oxygen atoms in total. The molecule has 0 spiro atoms. The topological polar surface area (TPSA) is 91.7 Å². The predicted molar refractivity (Wildman–Crippen MR) is 37.3 cm³/mol. The zero-order valence-electron chi connectivity index (χ0n) is 7.01. The largest absolute Gasteiger partial charge is 1.00 e. The molecule has 0 saturated carbocycles. The molecule has 2 N–H and O–H groups in total. The van der Waals surface area contributed by atoms with Crippen LogP contribution in [0.1, 0.15) is 8.35 Å². The fraction of sp³-hybridized carbons (Fsp3) is 0.667. The monoisotopic (exact) mass is 210 g/mol. The molecule has 0 aromatic heterocycles. The van der Waals surface area contributed by atoms with E-state index in [2.05, 4.69) is 0 Å². The summed E-state index contributed by atoms with van der Waals surface area (Å²) in [4.78, 5) is 9.98. The van der Waals surface area contributed by atoms with Crippen LogP contribution in [0, 0.1) is 0 Å². The first-order valence-electron chi connectivity index (χ1n) is 2.21. The first kappa shape index (κ1) is 14.3. The summed E-state index contributed by atoms with van der Waals surface area (Å²) < 4.78 is 28.1. The van der Waals surface area contributed by atoms with Gasteiger partial charge < -0.3 is 6.53 Å². The molecule has 0 rings (SSSR count). The Kier molecular flexibility index (Phi) is 6.99. The Morgan fingerprint density at radius 3 is 2.09 bits per heavy atom. The van der Waals surface area contributed by atoms with Crippen molar-refractivity contribution < 1.29 is 53.9 Å². The molecular formula is C3H7NaO5S2. The van der Waals surface area contributed by atoms with E-state index in [0.717, 1.165) is 0 Å². The van der Waals surface area contributed by atoms with Crippen molar-refractivity contribution in [1.29, 1.82) is 0 Å². The van der Waals surface area contributed by atoms with Gasteiger partial charge in [-0.2, -0.15) is 8.42 Å². The molecule has 11 heavy (non-hydrogen) atoms. The van der Waals surface area contributed by atoms with Crippen molar-refractivity contribution in [3.8, 4) is 0 Å². The van der Waals surface area contributed by atoms with Gasteiger partial charge in [0, 0.05) is 10.8 Å². The number of carbonyl (C=O) groups is 1. The van der Waals surface area contributed by atoms with Gasteiger partial charge in [-0.05, 0) is 6.92 Å². The number of carboxylic acids is 1. The third-order valence-corrected chi connectivity index (χ3v) is 2.94. The summed E-state index contributed by atoms with van der Waals surface area (Å²) in [6, 6.07) is 0. The van der Waals surface area contributed by atoms with Crippen molar-refractivity contribution in [3.63, 3.8) is 0 Å². The minimum atomic E-state index is -4.23. The molecule has 0 aliphatic heterocycles. The number of hydrogen-bond acceptors (Lipinski definition) is 4. The number of carboxylic acid groups (broad SMARTS) is 1. The van der Waals surface area contributed by atoms with E-state index in [1.807, 2.05) is 0 Å². The molecule has 1 unspecified atom stereocenters. The van der Waals surface area contributed by atoms with Gasteiger partial charge in [0.25, 0.3) is 0 Å². The van der Waals surface area contributed by atoms with Crippen molar-refractivity contribution >= 4 is 25.9 Å². The Morgan fingerprint density at radius 1 is 1.64 bits per heavy atom. The quantitative estimate of drug-likeness (QED) is 0.295. The van der Waals surface area contributed by atoms with Gasteiger partial charge in [-0.3, -0.25) is 9.35 Å². The molecule has 0 aromatic carbocycles. The third kappa shape index (κ3) is 8.64. The second kappa shape index (κ2) is 5.39. The fourth-order valence-electron chi connectivity index (χ4n) is 0.224. The summed E-state index contributed by atoms with van der Waals surface area (Å²) in [5.41, 5.74) is 0. The van der Waals surface area contributed by atoms with E-state index in [1.165, 1.54) is 6.92 Å². The molecule has 8 heteroatoms. The van der Waals surface area contributed by atoms with Gasteiger partial charge in [0.2, 0.25) is 0 Å². The second-order valence-electron chi connectivity index (χ2n) is 1.50. The zero-order valence-corrected chi connectivity index (χ0v) is 9.65. The predicted octanol–water partition coefficient (Wildman–Crippen LogP) is -2.89. The number of rotatable bonds is 3. The maximum atomic E-state index is 10.0. The summed E-state index contributed by atoms with van der Waals surface area (Å²) in [7, 11) is -4.24. The first-order chi connectivity index (χ1) is 4.33. The maximum absolute atomic E-state index is 10.0. The Hall–Kier alpha value is 0.730. The average molecular weight is 210 g/mol. The number of aliphatic carboxylic acids is 1. The molecule has 1 atom stereocenters. The van der Waals surface area contributed by atoms with Crippen LogP contribution in [0.3, 0.4) is 0 Å². The van der Waals surface area contributed by atoms with Gasteiger partial charge >= 0.3 is 44.7 Å². The molecule has 0 aliphatic carbocycles. The minimum Gasteiger partial charge on any atom is -1.00 e. The standard InChI is InChI=1S/C3H6O5S2.Na.H/c1-2(3(4)5)9-10(6,7)8;;/h2H,1H3,(H,4,5)(H,6,7,8);;/q;+1;-1. The number of hydrogen-bond donors (Lipinski definition) is 2. The zero-order chi connectivity index (χ0) is 8.36. The molecule has 0 amide bonds. The van der Waals surface area contributed by atoms with E-state index >= 15 is 0 Å². The Labute approximate surface area is 91.5 Å². The fourth-order valence-corrected chi connectivity index (χ4v) is 2.01. The van der Waals surface area contributed by atoms with Crippen molar-refractivity contribution in [2.24, 2.45) is 0 Å². The summed E-state index contributed by atoms with van der Waals surface area (Å²) in [6.45, 7) is 1.17. The van der Waals surface area contributed by atoms with Gasteiger partial charge in [0.05, 0.1) is 0 Å². The SMILES string of the molecule is CC(SS(=O)(=O)O)C(=O)O.[H-].[Na+]. The molecule has 0 aliphatic rings. The Balaban J connectivity index is -0.000000405. The van der Waals surface area contributed by atoms with E-state index in [0.29, 0.717) is 0 Å². The Morgan fingerprint density at radius 2 is 2.00 bits per heavy atom. The van der Waals surface area contributed by atoms with E-state index in [9.17, 15) is 13.2 Å². The van der Waals surface area contributed by atoms with Crippen LogP contribution in [0.4, 0.5) is 0 Å². The summed E-state index contributed by atoms with van der Waals surface area (Å²) in [5.74, 6) is -1.28. The van der Waals surface area contributed by atoms with E-state index in [4.69, 9.17) is 9.66 Å². The van der Waals surface area contributed by atoms with Gasteiger partial charge in [0.15, 0.2) is 0 Å². The van der Waals surface area contributed by atoms with Gasteiger partial charge in [-0.15, -0.1) is 0 Å². The summed E-state index contributed by atoms with van der Waals surface area (Å²) in [5, 5.41) is 7.01. The van der Waals surface area contributed by atoms with Crippen LogP contribution in [0.2, 0.25) is 0 Å². The average Bonchev–Trinajstić information content (AvgIpc) is 1.60. The Bertz CT molecular complexity index is 227. The first-order valence-corrected chi connectivity index (χ1v) is 5.05. The minimum absolute atomic E-state index is 0. The van der Waals surface area contributed by atoms with Crippen LogP contribution in [0.25, 0.3) is 0 Å².